The molecule has 1 heterocycles. The Balaban J connectivity index is 2.60. The van der Waals surface area contributed by atoms with Crippen molar-refractivity contribution in [1.82, 2.24) is 5.32 Å². The summed E-state index contributed by atoms with van der Waals surface area (Å²) in [5.74, 6) is -0.879. The van der Waals surface area contributed by atoms with Crippen molar-refractivity contribution in [2.24, 2.45) is 0 Å². The van der Waals surface area contributed by atoms with Gasteiger partial charge in [0.1, 0.15) is 6.04 Å². The van der Waals surface area contributed by atoms with E-state index in [4.69, 9.17) is 11.6 Å². The standard InChI is InChI=1S/C11H11BrClNO2/c1-5-4-6-8(13)3-2-7(12)9(6)10(14-5)11(15)16/h2-3,5,10,14H,4H2,1H3,(H,15,16). The number of aliphatic carboxylic acids is 1. The van der Waals surface area contributed by atoms with Gasteiger partial charge in [0.15, 0.2) is 0 Å². The van der Waals surface area contributed by atoms with Gasteiger partial charge in [0, 0.05) is 15.5 Å². The highest BCUT2D eigenvalue weighted by molar-refractivity contribution is 9.10. The first-order chi connectivity index (χ1) is 7.50. The summed E-state index contributed by atoms with van der Waals surface area (Å²) in [5, 5.41) is 12.9. The van der Waals surface area contributed by atoms with Gasteiger partial charge >= 0.3 is 5.97 Å². The van der Waals surface area contributed by atoms with Crippen molar-refractivity contribution in [1.29, 1.82) is 0 Å². The van der Waals surface area contributed by atoms with Gasteiger partial charge < -0.3 is 5.11 Å². The maximum Gasteiger partial charge on any atom is 0.325 e. The second kappa shape index (κ2) is 4.35. The van der Waals surface area contributed by atoms with E-state index in [0.29, 0.717) is 5.02 Å². The molecule has 0 aromatic heterocycles. The molecule has 1 aliphatic heterocycles. The van der Waals surface area contributed by atoms with Crippen LogP contribution in [0, 0.1) is 0 Å². The summed E-state index contributed by atoms with van der Waals surface area (Å²) >= 11 is 9.49. The average Bonchev–Trinajstić information content (AvgIpc) is 2.22. The Kier molecular flexibility index (Phi) is 3.24. The van der Waals surface area contributed by atoms with Gasteiger partial charge in [0.05, 0.1) is 0 Å². The normalized spacial score (nSPS) is 23.9. The monoisotopic (exact) mass is 303 g/mol. The number of carbonyl (C=O) groups is 1. The van der Waals surface area contributed by atoms with Crippen molar-refractivity contribution in [2.75, 3.05) is 0 Å². The maximum atomic E-state index is 11.2. The first kappa shape index (κ1) is 11.9. The number of hydrogen-bond donors (Lipinski definition) is 2. The van der Waals surface area contributed by atoms with Gasteiger partial charge in [-0.15, -0.1) is 0 Å². The molecule has 1 aliphatic rings. The molecule has 2 N–H and O–H groups in total. The average molecular weight is 305 g/mol. The minimum Gasteiger partial charge on any atom is -0.480 e. The number of halogens is 2. The number of nitrogens with one attached hydrogen (secondary N) is 1. The largest absolute Gasteiger partial charge is 0.480 e. The third-order valence-electron chi connectivity index (χ3n) is 2.74. The quantitative estimate of drug-likeness (QED) is 0.839. The molecule has 5 heteroatoms. The molecule has 0 saturated carbocycles. The van der Waals surface area contributed by atoms with Gasteiger partial charge in [-0.1, -0.05) is 27.5 Å². The van der Waals surface area contributed by atoms with E-state index in [-0.39, 0.29) is 6.04 Å². The van der Waals surface area contributed by atoms with E-state index in [2.05, 4.69) is 21.2 Å². The van der Waals surface area contributed by atoms with Gasteiger partial charge in [-0.3, -0.25) is 10.1 Å². The number of hydrogen-bond acceptors (Lipinski definition) is 2. The van der Waals surface area contributed by atoms with Crippen molar-refractivity contribution < 1.29 is 9.90 Å². The molecule has 0 bridgehead atoms. The molecule has 0 amide bonds. The lowest BCUT2D eigenvalue weighted by molar-refractivity contribution is -0.140. The van der Waals surface area contributed by atoms with E-state index in [0.717, 1.165) is 22.0 Å². The Morgan fingerprint density at radius 1 is 1.62 bits per heavy atom. The highest BCUT2D eigenvalue weighted by Crippen LogP contribution is 2.36. The van der Waals surface area contributed by atoms with E-state index in [1.165, 1.54) is 0 Å². The van der Waals surface area contributed by atoms with Gasteiger partial charge in [-0.05, 0) is 36.6 Å². The van der Waals surface area contributed by atoms with Gasteiger partial charge in [0.2, 0.25) is 0 Å². The van der Waals surface area contributed by atoms with Crippen LogP contribution in [-0.2, 0) is 11.2 Å². The molecule has 1 aromatic carbocycles. The summed E-state index contributed by atoms with van der Waals surface area (Å²) < 4.78 is 0.790. The molecule has 0 spiro atoms. The van der Waals surface area contributed by atoms with Crippen LogP contribution >= 0.6 is 27.5 Å². The second-order valence-corrected chi connectivity index (χ2v) is 5.23. The van der Waals surface area contributed by atoms with Gasteiger partial charge in [-0.25, -0.2) is 0 Å². The predicted octanol–water partition coefficient (Wildman–Crippen LogP) is 2.76. The molecule has 2 rings (SSSR count). The molecule has 0 fully saturated rings. The summed E-state index contributed by atoms with van der Waals surface area (Å²) in [6.07, 6.45) is 0.747. The lowest BCUT2D eigenvalue weighted by atomic mass is 9.91. The summed E-state index contributed by atoms with van der Waals surface area (Å²) in [4.78, 5) is 11.2. The van der Waals surface area contributed by atoms with Crippen LogP contribution in [0.3, 0.4) is 0 Å². The molecule has 1 aromatic rings. The highest BCUT2D eigenvalue weighted by atomic mass is 79.9. The summed E-state index contributed by atoms with van der Waals surface area (Å²) in [6, 6.07) is 3.00. The zero-order valence-electron chi connectivity index (χ0n) is 8.63. The van der Waals surface area contributed by atoms with Crippen LogP contribution in [0.1, 0.15) is 24.1 Å². The van der Waals surface area contributed by atoms with Crippen LogP contribution in [0.5, 0.6) is 0 Å². The third-order valence-corrected chi connectivity index (χ3v) is 3.79. The van der Waals surface area contributed by atoms with Crippen molar-refractivity contribution in [3.05, 3.63) is 32.8 Å². The number of carboxylic acids is 1. The van der Waals surface area contributed by atoms with Gasteiger partial charge in [-0.2, -0.15) is 0 Å². The second-order valence-electron chi connectivity index (χ2n) is 3.96. The molecule has 0 aliphatic carbocycles. The van der Waals surface area contributed by atoms with Crippen molar-refractivity contribution >= 4 is 33.5 Å². The zero-order chi connectivity index (χ0) is 11.9. The Hall–Kier alpha value is -0.580. The van der Waals surface area contributed by atoms with Crippen molar-refractivity contribution in [2.45, 2.75) is 25.4 Å². The summed E-state index contributed by atoms with van der Waals surface area (Å²) in [7, 11) is 0. The smallest absolute Gasteiger partial charge is 0.325 e. The minimum atomic E-state index is -0.879. The number of rotatable bonds is 1. The van der Waals surface area contributed by atoms with Crippen LogP contribution in [-0.4, -0.2) is 17.1 Å². The first-order valence-electron chi connectivity index (χ1n) is 4.96. The predicted molar refractivity (Wildman–Crippen MR) is 65.8 cm³/mol. The number of benzene rings is 1. The van der Waals surface area contributed by atoms with Crippen LogP contribution in [0.2, 0.25) is 5.02 Å². The fraction of sp³-hybridized carbons (Fsp3) is 0.364. The van der Waals surface area contributed by atoms with E-state index >= 15 is 0 Å². The molecular weight excluding hydrogens is 293 g/mol. The Morgan fingerprint density at radius 3 is 2.94 bits per heavy atom. The number of carboxylic acid groups (broad SMARTS) is 1. The Bertz CT molecular complexity index is 450. The molecular formula is C11H11BrClNO2. The summed E-state index contributed by atoms with van der Waals surface area (Å²) in [5.41, 5.74) is 1.67. The van der Waals surface area contributed by atoms with Crippen molar-refractivity contribution in [3.8, 4) is 0 Å². The Labute approximate surface area is 107 Å². The third kappa shape index (κ3) is 1.97. The molecule has 0 radical (unpaired) electrons. The molecule has 86 valence electrons. The molecule has 3 nitrogen and oxygen atoms in total. The first-order valence-corrected chi connectivity index (χ1v) is 6.13. The van der Waals surface area contributed by atoms with Crippen LogP contribution < -0.4 is 5.32 Å². The van der Waals surface area contributed by atoms with E-state index in [1.807, 2.05) is 6.92 Å². The van der Waals surface area contributed by atoms with Crippen LogP contribution in [0.25, 0.3) is 0 Å². The Morgan fingerprint density at radius 2 is 2.31 bits per heavy atom. The van der Waals surface area contributed by atoms with E-state index in [1.54, 1.807) is 12.1 Å². The lowest BCUT2D eigenvalue weighted by Gasteiger charge is -2.30. The van der Waals surface area contributed by atoms with E-state index < -0.39 is 12.0 Å². The van der Waals surface area contributed by atoms with E-state index in [9.17, 15) is 9.90 Å². The van der Waals surface area contributed by atoms with Crippen LogP contribution in [0.15, 0.2) is 16.6 Å². The molecule has 16 heavy (non-hydrogen) atoms. The number of fused-ring (bicyclic) bond motifs is 1. The fourth-order valence-electron chi connectivity index (χ4n) is 2.06. The molecule has 0 saturated heterocycles. The topological polar surface area (TPSA) is 49.3 Å². The zero-order valence-corrected chi connectivity index (χ0v) is 11.0. The summed E-state index contributed by atoms with van der Waals surface area (Å²) in [6.45, 7) is 1.95. The van der Waals surface area contributed by atoms with Gasteiger partial charge in [0.25, 0.3) is 0 Å². The SMILES string of the molecule is CC1Cc2c(Cl)ccc(Br)c2C(C(=O)O)N1. The maximum absolute atomic E-state index is 11.2. The fourth-order valence-corrected chi connectivity index (χ4v) is 2.90. The van der Waals surface area contributed by atoms with Crippen LogP contribution in [0.4, 0.5) is 0 Å². The van der Waals surface area contributed by atoms with Crippen molar-refractivity contribution in [3.63, 3.8) is 0 Å². The highest BCUT2D eigenvalue weighted by Gasteiger charge is 2.32. The molecule has 2 unspecified atom stereocenters. The molecule has 2 atom stereocenters. The lowest BCUT2D eigenvalue weighted by Crippen LogP contribution is -2.41. The minimum absolute atomic E-state index is 0.111.